The molecule has 2 N–H and O–H groups in total. The highest BCUT2D eigenvalue weighted by molar-refractivity contribution is 6.32. The van der Waals surface area contributed by atoms with Gasteiger partial charge in [-0.1, -0.05) is 11.6 Å². The van der Waals surface area contributed by atoms with Gasteiger partial charge in [0, 0.05) is 18.4 Å². The van der Waals surface area contributed by atoms with E-state index in [1.807, 2.05) is 0 Å². The minimum atomic E-state index is -0.735. The van der Waals surface area contributed by atoms with Crippen LogP contribution in [0.1, 0.15) is 12.8 Å². The molecule has 1 aromatic carbocycles. The van der Waals surface area contributed by atoms with E-state index in [1.165, 1.54) is 0 Å². The average Bonchev–Trinajstić information content (AvgIpc) is 2.23. The zero-order valence-electron chi connectivity index (χ0n) is 8.27. The summed E-state index contributed by atoms with van der Waals surface area (Å²) in [4.78, 5) is 11.3. The third kappa shape index (κ3) is 3.54. The first-order valence-electron chi connectivity index (χ1n) is 4.58. The van der Waals surface area contributed by atoms with E-state index in [1.54, 1.807) is 0 Å². The molecule has 0 saturated carbocycles. The highest BCUT2D eigenvalue weighted by atomic mass is 35.5. The van der Waals surface area contributed by atoms with Gasteiger partial charge in [0.05, 0.1) is 10.7 Å². The second kappa shape index (κ2) is 5.92. The molecule has 0 bridgehead atoms. The summed E-state index contributed by atoms with van der Waals surface area (Å²) in [6.45, 7) is 0. The van der Waals surface area contributed by atoms with Crippen molar-refractivity contribution in [3.63, 3.8) is 0 Å². The van der Waals surface area contributed by atoms with E-state index in [0.29, 0.717) is 12.3 Å². The van der Waals surface area contributed by atoms with Crippen LogP contribution in [0.2, 0.25) is 5.02 Å². The molecule has 0 fully saturated rings. The van der Waals surface area contributed by atoms with Gasteiger partial charge in [0.1, 0.15) is 11.6 Å². The number of carbonyl (C=O) groups excluding carboxylic acids is 1. The Hall–Kier alpha value is -1.00. The second-order valence-electron chi connectivity index (χ2n) is 3.12. The zero-order valence-corrected chi connectivity index (χ0v) is 9.78. The number of benzene rings is 1. The van der Waals surface area contributed by atoms with Crippen LogP contribution < -0.4 is 5.32 Å². The molecular weight excluding hydrogens is 256 g/mol. The molecule has 0 aliphatic rings. The van der Waals surface area contributed by atoms with Crippen molar-refractivity contribution < 1.29 is 14.3 Å². The van der Waals surface area contributed by atoms with Gasteiger partial charge in [0.15, 0.2) is 0 Å². The van der Waals surface area contributed by atoms with Crippen molar-refractivity contribution in [1.29, 1.82) is 0 Å². The first-order valence-corrected chi connectivity index (χ1v) is 5.49. The lowest BCUT2D eigenvalue weighted by atomic mass is 10.2. The Labute approximate surface area is 102 Å². The van der Waals surface area contributed by atoms with E-state index in [9.17, 15) is 9.18 Å². The summed E-state index contributed by atoms with van der Waals surface area (Å²) in [6, 6.07) is 2.00. The van der Waals surface area contributed by atoms with Gasteiger partial charge in [-0.05, 0) is 12.5 Å². The Bertz CT molecular complexity index is 399. The Morgan fingerprint density at radius 1 is 1.50 bits per heavy atom. The Morgan fingerprint density at radius 2 is 2.19 bits per heavy atom. The number of carbonyl (C=O) groups is 1. The van der Waals surface area contributed by atoms with Crippen LogP contribution in [0.15, 0.2) is 12.1 Å². The minimum absolute atomic E-state index is 0.0194. The Kier molecular flexibility index (Phi) is 4.83. The number of anilines is 1. The third-order valence-electron chi connectivity index (χ3n) is 1.85. The topological polar surface area (TPSA) is 49.3 Å². The second-order valence-corrected chi connectivity index (χ2v) is 3.91. The standard InChI is InChI=1S/C10H10Cl2FNO2/c11-3-1-2-10(16)14-8-4-6(12)9(15)5-7(8)13/h4-5,15H,1-3H2,(H,14,16). The lowest BCUT2D eigenvalue weighted by molar-refractivity contribution is -0.116. The monoisotopic (exact) mass is 265 g/mol. The fraction of sp³-hybridized carbons (Fsp3) is 0.300. The van der Waals surface area contributed by atoms with Crippen LogP contribution in [0.5, 0.6) is 5.75 Å². The predicted octanol–water partition coefficient (Wildman–Crippen LogP) is 3.14. The van der Waals surface area contributed by atoms with Gasteiger partial charge in [-0.2, -0.15) is 0 Å². The number of phenols is 1. The molecule has 0 aliphatic heterocycles. The molecule has 0 atom stereocenters. The number of hydrogen-bond donors (Lipinski definition) is 2. The van der Waals surface area contributed by atoms with Crippen LogP contribution in [0.3, 0.4) is 0 Å². The Morgan fingerprint density at radius 3 is 2.81 bits per heavy atom. The number of amides is 1. The van der Waals surface area contributed by atoms with Gasteiger partial charge < -0.3 is 10.4 Å². The van der Waals surface area contributed by atoms with Gasteiger partial charge in [-0.15, -0.1) is 11.6 Å². The number of phenolic OH excluding ortho intramolecular Hbond substituents is 1. The normalized spacial score (nSPS) is 10.2. The van der Waals surface area contributed by atoms with E-state index in [4.69, 9.17) is 28.3 Å². The number of halogens is 3. The van der Waals surface area contributed by atoms with E-state index < -0.39 is 5.82 Å². The average molecular weight is 266 g/mol. The van der Waals surface area contributed by atoms with Gasteiger partial charge in [-0.3, -0.25) is 4.79 Å². The molecule has 3 nitrogen and oxygen atoms in total. The van der Waals surface area contributed by atoms with Crippen molar-refractivity contribution in [3.8, 4) is 5.75 Å². The van der Waals surface area contributed by atoms with Crippen LogP contribution in [-0.4, -0.2) is 16.9 Å². The summed E-state index contributed by atoms with van der Waals surface area (Å²) < 4.78 is 13.3. The fourth-order valence-electron chi connectivity index (χ4n) is 1.07. The SMILES string of the molecule is O=C(CCCCl)Nc1cc(Cl)c(O)cc1F. The molecule has 0 saturated heterocycles. The summed E-state index contributed by atoms with van der Waals surface area (Å²) in [5.41, 5.74) is -0.0534. The van der Waals surface area contributed by atoms with Crippen molar-refractivity contribution in [2.24, 2.45) is 0 Å². The van der Waals surface area contributed by atoms with E-state index >= 15 is 0 Å². The number of hydrogen-bond acceptors (Lipinski definition) is 2. The molecule has 88 valence electrons. The highest BCUT2D eigenvalue weighted by Gasteiger charge is 2.10. The molecule has 0 aromatic heterocycles. The summed E-state index contributed by atoms with van der Waals surface area (Å²) in [7, 11) is 0. The zero-order chi connectivity index (χ0) is 12.1. The van der Waals surface area contributed by atoms with Crippen LogP contribution in [-0.2, 0) is 4.79 Å². The van der Waals surface area contributed by atoms with E-state index in [-0.39, 0.29) is 28.8 Å². The fourth-order valence-corrected chi connectivity index (χ4v) is 1.37. The molecule has 1 rings (SSSR count). The van der Waals surface area contributed by atoms with Crippen molar-refractivity contribution in [2.45, 2.75) is 12.8 Å². The molecule has 1 amide bonds. The third-order valence-corrected chi connectivity index (χ3v) is 2.42. The maximum absolute atomic E-state index is 13.3. The number of alkyl halides is 1. The summed E-state index contributed by atoms with van der Waals surface area (Å²) in [5.74, 6) is -1.08. The highest BCUT2D eigenvalue weighted by Crippen LogP contribution is 2.29. The van der Waals surface area contributed by atoms with Gasteiger partial charge in [0.2, 0.25) is 5.91 Å². The molecule has 0 heterocycles. The van der Waals surface area contributed by atoms with E-state index in [2.05, 4.69) is 5.32 Å². The molecule has 16 heavy (non-hydrogen) atoms. The van der Waals surface area contributed by atoms with Crippen LogP contribution in [0.25, 0.3) is 0 Å². The van der Waals surface area contributed by atoms with Gasteiger partial charge >= 0.3 is 0 Å². The summed E-state index contributed by atoms with van der Waals surface area (Å²) in [6.07, 6.45) is 0.724. The van der Waals surface area contributed by atoms with Crippen molar-refractivity contribution >= 4 is 34.8 Å². The van der Waals surface area contributed by atoms with Crippen molar-refractivity contribution in [3.05, 3.63) is 23.0 Å². The van der Waals surface area contributed by atoms with Crippen molar-refractivity contribution in [1.82, 2.24) is 0 Å². The van der Waals surface area contributed by atoms with Crippen LogP contribution in [0.4, 0.5) is 10.1 Å². The Balaban J connectivity index is 2.73. The largest absolute Gasteiger partial charge is 0.506 e. The summed E-state index contributed by atoms with van der Waals surface area (Å²) >= 11 is 11.0. The molecule has 0 spiro atoms. The van der Waals surface area contributed by atoms with Gasteiger partial charge in [-0.25, -0.2) is 4.39 Å². The lowest BCUT2D eigenvalue weighted by Gasteiger charge is -2.07. The van der Waals surface area contributed by atoms with Crippen LogP contribution in [0, 0.1) is 5.82 Å². The van der Waals surface area contributed by atoms with Crippen LogP contribution >= 0.6 is 23.2 Å². The maximum atomic E-state index is 13.3. The number of nitrogens with one attached hydrogen (secondary N) is 1. The molecule has 1 aromatic rings. The van der Waals surface area contributed by atoms with Crippen molar-refractivity contribution in [2.75, 3.05) is 11.2 Å². The molecule has 6 heteroatoms. The minimum Gasteiger partial charge on any atom is -0.506 e. The van der Waals surface area contributed by atoms with E-state index in [0.717, 1.165) is 12.1 Å². The first kappa shape index (κ1) is 13.1. The lowest BCUT2D eigenvalue weighted by Crippen LogP contribution is -2.12. The quantitative estimate of drug-likeness (QED) is 0.649. The molecule has 0 radical (unpaired) electrons. The molecule has 0 unspecified atom stereocenters. The molecular formula is C10H10Cl2FNO2. The first-order chi connectivity index (χ1) is 7.54. The number of rotatable bonds is 4. The smallest absolute Gasteiger partial charge is 0.224 e. The number of aromatic hydroxyl groups is 1. The summed E-state index contributed by atoms with van der Waals surface area (Å²) in [5, 5.41) is 11.4. The molecule has 0 aliphatic carbocycles. The van der Waals surface area contributed by atoms with Gasteiger partial charge in [0.25, 0.3) is 0 Å². The predicted molar refractivity (Wildman–Crippen MR) is 61.7 cm³/mol. The maximum Gasteiger partial charge on any atom is 0.224 e.